The molecule has 1 aromatic rings. The quantitative estimate of drug-likeness (QED) is 0.814. The van der Waals surface area contributed by atoms with Crippen LogP contribution in [0.2, 0.25) is 5.02 Å². The molecule has 0 saturated heterocycles. The third-order valence-electron chi connectivity index (χ3n) is 2.16. The fraction of sp³-hybridized carbons (Fsp3) is 0.455. The largest absolute Gasteiger partial charge is 0.394 e. The Hall–Kier alpha value is -1.33. The van der Waals surface area contributed by atoms with Crippen molar-refractivity contribution in [1.82, 2.24) is 10.3 Å². The van der Waals surface area contributed by atoms with Gasteiger partial charge in [0.05, 0.1) is 18.2 Å². The second-order valence-electron chi connectivity index (χ2n) is 3.84. The van der Waals surface area contributed by atoms with Crippen molar-refractivity contribution in [2.45, 2.75) is 13.0 Å². The number of hydrogen-bond acceptors (Lipinski definition) is 4. The van der Waals surface area contributed by atoms with Crippen LogP contribution in [0, 0.1) is 0 Å². The molecule has 2 N–H and O–H groups in total. The first-order chi connectivity index (χ1) is 8.02. The molecule has 0 fully saturated rings. The van der Waals surface area contributed by atoms with Gasteiger partial charge in [0.1, 0.15) is 5.82 Å². The van der Waals surface area contributed by atoms with Crippen LogP contribution in [0.25, 0.3) is 0 Å². The summed E-state index contributed by atoms with van der Waals surface area (Å²) < 4.78 is 0. The number of nitrogens with one attached hydrogen (secondary N) is 1. The van der Waals surface area contributed by atoms with E-state index in [0.717, 1.165) is 0 Å². The molecule has 1 atom stereocenters. The van der Waals surface area contributed by atoms with Crippen molar-refractivity contribution in [3.05, 3.63) is 23.4 Å². The third-order valence-corrected chi connectivity index (χ3v) is 2.39. The van der Waals surface area contributed by atoms with Crippen LogP contribution >= 0.6 is 11.6 Å². The summed E-state index contributed by atoms with van der Waals surface area (Å²) in [6, 6.07) is 3.22. The van der Waals surface area contributed by atoms with Crippen molar-refractivity contribution in [2.24, 2.45) is 0 Å². The average Bonchev–Trinajstić information content (AvgIpc) is 2.29. The van der Waals surface area contributed by atoms with E-state index in [-0.39, 0.29) is 25.1 Å². The first-order valence-electron chi connectivity index (χ1n) is 5.26. The van der Waals surface area contributed by atoms with E-state index in [1.54, 1.807) is 31.0 Å². The zero-order valence-corrected chi connectivity index (χ0v) is 10.6. The van der Waals surface area contributed by atoms with Crippen LogP contribution in [0.5, 0.6) is 0 Å². The number of nitrogens with zero attached hydrogens (tertiary/aromatic N) is 2. The van der Waals surface area contributed by atoms with E-state index in [1.807, 2.05) is 0 Å². The molecule has 0 aliphatic heterocycles. The van der Waals surface area contributed by atoms with E-state index in [1.165, 1.54) is 6.20 Å². The molecule has 1 amide bonds. The Bertz CT molecular complexity index is 369. The van der Waals surface area contributed by atoms with Crippen LogP contribution in [-0.2, 0) is 4.79 Å². The second-order valence-corrected chi connectivity index (χ2v) is 4.28. The number of anilines is 1. The standard InChI is InChI=1S/C11H16ClN3O2/c1-8(7-16)14-11(17)6-15(2)10-4-3-9(12)5-13-10/h3-5,8,16H,6-7H2,1-2H3,(H,14,17)/t8-/m1/s1. The summed E-state index contributed by atoms with van der Waals surface area (Å²) in [6.07, 6.45) is 1.53. The lowest BCUT2D eigenvalue weighted by molar-refractivity contribution is -0.120. The van der Waals surface area contributed by atoms with Gasteiger partial charge in [-0.1, -0.05) is 11.6 Å². The number of rotatable bonds is 5. The molecule has 0 unspecified atom stereocenters. The van der Waals surface area contributed by atoms with Gasteiger partial charge in [0.25, 0.3) is 0 Å². The molecule has 1 rings (SSSR count). The van der Waals surface area contributed by atoms with Gasteiger partial charge in [-0.05, 0) is 19.1 Å². The predicted octanol–water partition coefficient (Wildman–Crippen LogP) is 0.668. The lowest BCUT2D eigenvalue weighted by Crippen LogP contribution is -2.41. The van der Waals surface area contributed by atoms with Crippen molar-refractivity contribution in [2.75, 3.05) is 25.1 Å². The summed E-state index contributed by atoms with van der Waals surface area (Å²) in [4.78, 5) is 17.3. The van der Waals surface area contributed by atoms with Gasteiger partial charge in [0.2, 0.25) is 5.91 Å². The zero-order valence-electron chi connectivity index (χ0n) is 9.85. The number of carbonyl (C=O) groups excluding carboxylic acids is 1. The van der Waals surface area contributed by atoms with Crippen LogP contribution in [0.15, 0.2) is 18.3 Å². The Labute approximate surface area is 105 Å². The number of likely N-dealkylation sites (N-methyl/N-ethyl adjacent to an activating group) is 1. The number of amides is 1. The molecule has 17 heavy (non-hydrogen) atoms. The number of pyridine rings is 1. The molecule has 0 saturated carbocycles. The average molecular weight is 258 g/mol. The van der Waals surface area contributed by atoms with Crippen molar-refractivity contribution in [3.63, 3.8) is 0 Å². The summed E-state index contributed by atoms with van der Waals surface area (Å²) in [5.41, 5.74) is 0. The van der Waals surface area contributed by atoms with E-state index in [2.05, 4.69) is 10.3 Å². The van der Waals surface area contributed by atoms with Crippen LogP contribution in [0.1, 0.15) is 6.92 Å². The van der Waals surface area contributed by atoms with Crippen molar-refractivity contribution >= 4 is 23.3 Å². The highest BCUT2D eigenvalue weighted by molar-refractivity contribution is 6.30. The molecule has 1 heterocycles. The highest BCUT2D eigenvalue weighted by Gasteiger charge is 2.10. The maximum Gasteiger partial charge on any atom is 0.239 e. The van der Waals surface area contributed by atoms with Gasteiger partial charge in [-0.3, -0.25) is 4.79 Å². The first kappa shape index (κ1) is 13.7. The van der Waals surface area contributed by atoms with Crippen LogP contribution < -0.4 is 10.2 Å². The molecule has 0 bridgehead atoms. The minimum Gasteiger partial charge on any atom is -0.394 e. The van der Waals surface area contributed by atoms with Gasteiger partial charge in [-0.25, -0.2) is 4.98 Å². The number of halogens is 1. The Morgan fingerprint density at radius 1 is 1.65 bits per heavy atom. The van der Waals surface area contributed by atoms with Gasteiger partial charge >= 0.3 is 0 Å². The summed E-state index contributed by atoms with van der Waals surface area (Å²) in [5.74, 6) is 0.506. The number of aliphatic hydroxyl groups is 1. The highest BCUT2D eigenvalue weighted by atomic mass is 35.5. The molecule has 0 aliphatic carbocycles. The number of aliphatic hydroxyl groups excluding tert-OH is 1. The van der Waals surface area contributed by atoms with Gasteiger partial charge < -0.3 is 15.3 Å². The van der Waals surface area contributed by atoms with Crippen LogP contribution in [0.3, 0.4) is 0 Å². The molecule has 1 aromatic heterocycles. The van der Waals surface area contributed by atoms with Crippen LogP contribution in [0.4, 0.5) is 5.82 Å². The Morgan fingerprint density at radius 3 is 2.88 bits per heavy atom. The second kappa shape index (κ2) is 6.42. The maximum atomic E-state index is 11.5. The van der Waals surface area contributed by atoms with Crippen molar-refractivity contribution in [3.8, 4) is 0 Å². The Balaban J connectivity index is 2.51. The summed E-state index contributed by atoms with van der Waals surface area (Å²) in [6.45, 7) is 1.84. The molecular formula is C11H16ClN3O2. The fourth-order valence-electron chi connectivity index (χ4n) is 1.26. The molecule has 0 aromatic carbocycles. The van der Waals surface area contributed by atoms with Crippen molar-refractivity contribution in [1.29, 1.82) is 0 Å². The normalized spacial score (nSPS) is 12.0. The third kappa shape index (κ3) is 4.58. The minimum atomic E-state index is -0.242. The van der Waals surface area contributed by atoms with E-state index >= 15 is 0 Å². The van der Waals surface area contributed by atoms with Gasteiger partial charge in [-0.2, -0.15) is 0 Å². The van der Waals surface area contributed by atoms with Crippen LogP contribution in [-0.4, -0.2) is 42.2 Å². The van der Waals surface area contributed by atoms with E-state index in [0.29, 0.717) is 10.8 Å². The monoisotopic (exact) mass is 257 g/mol. The molecule has 6 heteroatoms. The van der Waals surface area contributed by atoms with Gasteiger partial charge in [0.15, 0.2) is 0 Å². The topological polar surface area (TPSA) is 65.5 Å². The van der Waals surface area contributed by atoms with Gasteiger partial charge in [-0.15, -0.1) is 0 Å². The SMILES string of the molecule is C[C@H](CO)NC(=O)CN(C)c1ccc(Cl)cn1. The van der Waals surface area contributed by atoms with E-state index in [9.17, 15) is 4.79 Å². The van der Waals surface area contributed by atoms with E-state index in [4.69, 9.17) is 16.7 Å². The lowest BCUT2D eigenvalue weighted by atomic mass is 10.3. The Morgan fingerprint density at radius 2 is 2.35 bits per heavy atom. The molecule has 0 spiro atoms. The molecule has 0 radical (unpaired) electrons. The maximum absolute atomic E-state index is 11.5. The molecular weight excluding hydrogens is 242 g/mol. The van der Waals surface area contributed by atoms with Gasteiger partial charge in [0, 0.05) is 19.3 Å². The predicted molar refractivity (Wildman–Crippen MR) is 67.2 cm³/mol. The lowest BCUT2D eigenvalue weighted by Gasteiger charge is -2.19. The van der Waals surface area contributed by atoms with E-state index < -0.39 is 0 Å². The number of carbonyl (C=O) groups is 1. The fourth-order valence-corrected chi connectivity index (χ4v) is 1.37. The highest BCUT2D eigenvalue weighted by Crippen LogP contribution is 2.12. The Kier molecular flexibility index (Phi) is 5.18. The zero-order chi connectivity index (χ0) is 12.8. The summed E-state index contributed by atoms with van der Waals surface area (Å²) >= 11 is 5.72. The molecule has 5 nitrogen and oxygen atoms in total. The van der Waals surface area contributed by atoms with Crippen molar-refractivity contribution < 1.29 is 9.90 Å². The number of aromatic nitrogens is 1. The minimum absolute atomic E-state index is 0.0748. The summed E-state index contributed by atoms with van der Waals surface area (Å²) in [5, 5.41) is 12.0. The summed E-state index contributed by atoms with van der Waals surface area (Å²) in [7, 11) is 1.76. The smallest absolute Gasteiger partial charge is 0.239 e. The first-order valence-corrected chi connectivity index (χ1v) is 5.63. The number of hydrogen-bond donors (Lipinski definition) is 2. The molecule has 0 aliphatic rings. The molecule has 94 valence electrons.